The molecule has 1 atom stereocenters. The highest BCUT2D eigenvalue weighted by molar-refractivity contribution is 5.81. The second-order valence-electron chi connectivity index (χ2n) is 6.85. The first-order valence-corrected chi connectivity index (χ1v) is 9.39. The molecule has 2 rings (SSSR count). The van der Waals surface area contributed by atoms with Crippen LogP contribution in [0.2, 0.25) is 0 Å². The van der Waals surface area contributed by atoms with Crippen molar-refractivity contribution in [1.82, 2.24) is 5.32 Å². The fourth-order valence-electron chi connectivity index (χ4n) is 2.64. The topological polar surface area (TPSA) is 50.4 Å². The summed E-state index contributed by atoms with van der Waals surface area (Å²) in [6, 6.07) is 17.8. The molecule has 2 N–H and O–H groups in total. The predicted molar refractivity (Wildman–Crippen MR) is 107 cm³/mol. The summed E-state index contributed by atoms with van der Waals surface area (Å²) in [6.07, 6.45) is 1.88. The largest absolute Gasteiger partial charge is 0.494 e. The maximum absolute atomic E-state index is 12.3. The van der Waals surface area contributed by atoms with Crippen LogP contribution in [0.25, 0.3) is 0 Å². The molecule has 2 aromatic carbocycles. The lowest BCUT2D eigenvalue weighted by atomic mass is 10.0. The Morgan fingerprint density at radius 3 is 2.54 bits per heavy atom. The number of hydrogen-bond acceptors (Lipinski definition) is 3. The highest BCUT2D eigenvalue weighted by atomic mass is 16.5. The maximum atomic E-state index is 12.3. The minimum Gasteiger partial charge on any atom is -0.494 e. The van der Waals surface area contributed by atoms with Gasteiger partial charge in [-0.05, 0) is 36.5 Å². The molecule has 26 heavy (non-hydrogen) atoms. The predicted octanol–water partition coefficient (Wildman–Crippen LogP) is 4.79. The number of carbonyl (C=O) groups is 1. The summed E-state index contributed by atoms with van der Waals surface area (Å²) < 4.78 is 5.76. The first-order chi connectivity index (χ1) is 12.6. The number of ether oxygens (including phenoxy) is 1. The molecule has 0 saturated heterocycles. The zero-order chi connectivity index (χ0) is 18.8. The summed E-state index contributed by atoms with van der Waals surface area (Å²) in [5.74, 6) is 1.43. The Morgan fingerprint density at radius 1 is 1.08 bits per heavy atom. The van der Waals surface area contributed by atoms with Crippen LogP contribution in [0, 0.1) is 5.92 Å². The molecule has 1 unspecified atom stereocenters. The van der Waals surface area contributed by atoms with Gasteiger partial charge in [-0.1, -0.05) is 57.2 Å². The van der Waals surface area contributed by atoms with Gasteiger partial charge in [-0.3, -0.25) is 4.79 Å². The van der Waals surface area contributed by atoms with Crippen LogP contribution < -0.4 is 15.4 Å². The van der Waals surface area contributed by atoms with Gasteiger partial charge in [-0.25, -0.2) is 0 Å². The Morgan fingerprint density at radius 2 is 1.85 bits per heavy atom. The van der Waals surface area contributed by atoms with E-state index in [1.54, 1.807) is 0 Å². The lowest BCUT2D eigenvalue weighted by Crippen LogP contribution is -2.33. The third kappa shape index (κ3) is 6.79. The Hall–Kier alpha value is -2.49. The van der Waals surface area contributed by atoms with Crippen LogP contribution in [0.15, 0.2) is 54.6 Å². The summed E-state index contributed by atoms with van der Waals surface area (Å²) in [5.41, 5.74) is 2.01. The van der Waals surface area contributed by atoms with Gasteiger partial charge in [-0.2, -0.15) is 0 Å². The molecule has 0 aliphatic heterocycles. The van der Waals surface area contributed by atoms with Crippen molar-refractivity contribution in [2.24, 2.45) is 5.92 Å². The zero-order valence-electron chi connectivity index (χ0n) is 16.0. The molecule has 0 spiro atoms. The van der Waals surface area contributed by atoms with E-state index in [-0.39, 0.29) is 18.5 Å². The van der Waals surface area contributed by atoms with Crippen LogP contribution in [-0.2, 0) is 4.79 Å². The van der Waals surface area contributed by atoms with E-state index in [0.29, 0.717) is 12.5 Å². The van der Waals surface area contributed by atoms with E-state index in [1.165, 1.54) is 0 Å². The third-order valence-corrected chi connectivity index (χ3v) is 4.20. The Labute approximate surface area is 157 Å². The molecule has 0 aromatic heterocycles. The van der Waals surface area contributed by atoms with Crippen molar-refractivity contribution in [2.45, 2.75) is 39.7 Å². The molecule has 1 amide bonds. The Bertz CT molecular complexity index is 671. The Balaban J connectivity index is 1.83. The van der Waals surface area contributed by atoms with Crippen molar-refractivity contribution in [3.8, 4) is 5.75 Å². The van der Waals surface area contributed by atoms with Gasteiger partial charge in [0.15, 0.2) is 0 Å². The van der Waals surface area contributed by atoms with Crippen molar-refractivity contribution in [2.75, 3.05) is 18.5 Å². The number of benzene rings is 2. The van der Waals surface area contributed by atoms with Crippen molar-refractivity contribution < 1.29 is 9.53 Å². The molecule has 0 radical (unpaired) electrons. The van der Waals surface area contributed by atoms with Crippen LogP contribution in [-0.4, -0.2) is 19.1 Å². The van der Waals surface area contributed by atoms with E-state index in [1.807, 2.05) is 54.6 Å². The van der Waals surface area contributed by atoms with Crippen LogP contribution in [0.1, 0.15) is 45.2 Å². The molecule has 0 heterocycles. The smallest absolute Gasteiger partial charge is 0.239 e. The molecular formula is C22H30N2O2. The van der Waals surface area contributed by atoms with Gasteiger partial charge in [0, 0.05) is 11.8 Å². The molecule has 140 valence electrons. The zero-order valence-corrected chi connectivity index (χ0v) is 16.0. The summed E-state index contributed by atoms with van der Waals surface area (Å²) >= 11 is 0. The molecule has 4 nitrogen and oxygen atoms in total. The number of rotatable bonds is 10. The minimum absolute atomic E-state index is 0.0215. The normalized spacial score (nSPS) is 11.8. The number of anilines is 1. The molecular weight excluding hydrogens is 324 g/mol. The quantitative estimate of drug-likeness (QED) is 0.645. The highest BCUT2D eigenvalue weighted by Crippen LogP contribution is 2.18. The van der Waals surface area contributed by atoms with Crippen LogP contribution in [0.5, 0.6) is 5.75 Å². The summed E-state index contributed by atoms with van der Waals surface area (Å²) in [5, 5.41) is 6.25. The van der Waals surface area contributed by atoms with Crippen molar-refractivity contribution >= 4 is 11.6 Å². The minimum atomic E-state index is -0.0215. The van der Waals surface area contributed by atoms with Gasteiger partial charge in [0.05, 0.1) is 19.2 Å². The number of nitrogens with one attached hydrogen (secondary N) is 2. The van der Waals surface area contributed by atoms with E-state index < -0.39 is 0 Å². The van der Waals surface area contributed by atoms with Crippen LogP contribution >= 0.6 is 0 Å². The summed E-state index contributed by atoms with van der Waals surface area (Å²) in [7, 11) is 0. The number of hydrogen-bond donors (Lipinski definition) is 2. The summed E-state index contributed by atoms with van der Waals surface area (Å²) in [4.78, 5) is 12.3. The SMILES string of the molecule is CCC(NC(=O)CNc1cccc(OCCC(C)C)c1)c1ccccc1. The molecule has 0 aliphatic rings. The number of carbonyl (C=O) groups excluding carboxylic acids is 1. The molecule has 0 saturated carbocycles. The lowest BCUT2D eigenvalue weighted by Gasteiger charge is -2.18. The average Bonchev–Trinajstić information content (AvgIpc) is 2.65. The van der Waals surface area contributed by atoms with Crippen molar-refractivity contribution in [3.63, 3.8) is 0 Å². The van der Waals surface area contributed by atoms with E-state index in [4.69, 9.17) is 4.74 Å². The van der Waals surface area contributed by atoms with E-state index in [2.05, 4.69) is 31.4 Å². The second-order valence-corrected chi connectivity index (χ2v) is 6.85. The maximum Gasteiger partial charge on any atom is 0.239 e. The number of amides is 1. The summed E-state index contributed by atoms with van der Waals surface area (Å²) in [6.45, 7) is 7.37. The van der Waals surface area contributed by atoms with Gasteiger partial charge >= 0.3 is 0 Å². The van der Waals surface area contributed by atoms with Crippen LogP contribution in [0.4, 0.5) is 5.69 Å². The average molecular weight is 354 g/mol. The molecule has 2 aromatic rings. The highest BCUT2D eigenvalue weighted by Gasteiger charge is 2.12. The molecule has 0 bridgehead atoms. The lowest BCUT2D eigenvalue weighted by molar-refractivity contribution is -0.120. The van der Waals surface area contributed by atoms with Crippen LogP contribution in [0.3, 0.4) is 0 Å². The third-order valence-electron chi connectivity index (χ3n) is 4.20. The van der Waals surface area contributed by atoms with E-state index >= 15 is 0 Å². The standard InChI is InChI=1S/C22H30N2O2/c1-4-21(18-9-6-5-7-10-18)24-22(25)16-23-19-11-8-12-20(15-19)26-14-13-17(2)3/h5-12,15,17,21,23H,4,13-14,16H2,1-3H3,(H,24,25). The molecule has 0 fully saturated rings. The van der Waals surface area contributed by atoms with E-state index in [0.717, 1.165) is 29.8 Å². The van der Waals surface area contributed by atoms with Gasteiger partial charge < -0.3 is 15.4 Å². The van der Waals surface area contributed by atoms with Gasteiger partial charge in [0.25, 0.3) is 0 Å². The first-order valence-electron chi connectivity index (χ1n) is 9.39. The monoisotopic (exact) mass is 354 g/mol. The molecule has 4 heteroatoms. The Kier molecular flexibility index (Phi) is 8.00. The first kappa shape index (κ1) is 19.8. The fourth-order valence-corrected chi connectivity index (χ4v) is 2.64. The second kappa shape index (κ2) is 10.5. The van der Waals surface area contributed by atoms with Gasteiger partial charge in [-0.15, -0.1) is 0 Å². The van der Waals surface area contributed by atoms with Gasteiger partial charge in [0.1, 0.15) is 5.75 Å². The van der Waals surface area contributed by atoms with Gasteiger partial charge in [0.2, 0.25) is 5.91 Å². The fraction of sp³-hybridized carbons (Fsp3) is 0.409. The van der Waals surface area contributed by atoms with Crippen molar-refractivity contribution in [3.05, 3.63) is 60.2 Å². The molecule has 0 aliphatic carbocycles. The van der Waals surface area contributed by atoms with Crippen molar-refractivity contribution in [1.29, 1.82) is 0 Å². The van der Waals surface area contributed by atoms with E-state index in [9.17, 15) is 4.79 Å².